The summed E-state index contributed by atoms with van der Waals surface area (Å²) in [6.07, 6.45) is 9.05. The SMILES string of the molecule is Cn1cc(-c2ccc3c(N4CCN(c5ccc(C(O)c6ccccc6)nc5)CC4)cnn3c2)cn1. The second kappa shape index (κ2) is 8.88. The molecule has 1 saturated heterocycles. The molecule has 5 aromatic rings. The summed E-state index contributed by atoms with van der Waals surface area (Å²) in [6, 6.07) is 17.9. The van der Waals surface area contributed by atoms with E-state index in [4.69, 9.17) is 0 Å². The highest BCUT2D eigenvalue weighted by atomic mass is 16.3. The number of aryl methyl sites for hydroxylation is 1. The summed E-state index contributed by atoms with van der Waals surface area (Å²) in [5.41, 5.74) is 7.02. The number of fused-ring (bicyclic) bond motifs is 1. The number of aliphatic hydroxyl groups is 1. The van der Waals surface area contributed by atoms with Crippen molar-refractivity contribution in [3.05, 3.63) is 96.8 Å². The molecule has 1 unspecified atom stereocenters. The standard InChI is InChI=1S/C27H27N7O/c1-31-18-22(15-29-31)21-7-10-25-26(17-30-34(25)19-21)33-13-11-32(12-14-33)23-8-9-24(28-16-23)27(35)20-5-3-2-4-6-20/h2-10,15-19,27,35H,11-14H2,1H3. The first-order valence-electron chi connectivity index (χ1n) is 11.8. The van der Waals surface area contributed by atoms with Crippen molar-refractivity contribution in [3.8, 4) is 11.1 Å². The Kier molecular flexibility index (Phi) is 5.42. The van der Waals surface area contributed by atoms with Gasteiger partial charge in [-0.15, -0.1) is 0 Å². The van der Waals surface area contributed by atoms with Gasteiger partial charge in [0.1, 0.15) is 6.10 Å². The van der Waals surface area contributed by atoms with E-state index in [0.29, 0.717) is 5.69 Å². The van der Waals surface area contributed by atoms with Gasteiger partial charge in [0.25, 0.3) is 0 Å². The minimum Gasteiger partial charge on any atom is -0.382 e. The van der Waals surface area contributed by atoms with Gasteiger partial charge in [0, 0.05) is 56.7 Å². The van der Waals surface area contributed by atoms with Gasteiger partial charge in [-0.25, -0.2) is 4.52 Å². The monoisotopic (exact) mass is 465 g/mol. The van der Waals surface area contributed by atoms with Gasteiger partial charge < -0.3 is 14.9 Å². The number of pyridine rings is 2. The maximum absolute atomic E-state index is 10.6. The number of aromatic nitrogens is 5. The lowest BCUT2D eigenvalue weighted by Crippen LogP contribution is -2.46. The first-order chi connectivity index (χ1) is 17.2. The van der Waals surface area contributed by atoms with E-state index >= 15 is 0 Å². The molecule has 0 bridgehead atoms. The highest BCUT2D eigenvalue weighted by molar-refractivity contribution is 5.75. The second-order valence-electron chi connectivity index (χ2n) is 8.91. The number of aliphatic hydroxyl groups excluding tert-OH is 1. The number of benzene rings is 1. The Morgan fingerprint density at radius 2 is 1.57 bits per heavy atom. The molecule has 1 aromatic carbocycles. The summed E-state index contributed by atoms with van der Waals surface area (Å²) in [6.45, 7) is 3.60. The molecule has 0 saturated carbocycles. The van der Waals surface area contributed by atoms with Crippen LogP contribution in [0.3, 0.4) is 0 Å². The number of hydrogen-bond acceptors (Lipinski definition) is 6. The summed E-state index contributed by atoms with van der Waals surface area (Å²) >= 11 is 0. The molecule has 0 aliphatic carbocycles. The first kappa shape index (κ1) is 21.4. The van der Waals surface area contributed by atoms with Gasteiger partial charge in [-0.2, -0.15) is 10.2 Å². The normalized spacial score (nSPS) is 15.0. The van der Waals surface area contributed by atoms with Crippen molar-refractivity contribution < 1.29 is 5.11 Å². The van der Waals surface area contributed by atoms with Gasteiger partial charge >= 0.3 is 0 Å². The summed E-state index contributed by atoms with van der Waals surface area (Å²) in [5, 5.41) is 19.5. The lowest BCUT2D eigenvalue weighted by atomic mass is 10.1. The minimum atomic E-state index is -0.712. The minimum absolute atomic E-state index is 0.663. The lowest BCUT2D eigenvalue weighted by Gasteiger charge is -2.36. The number of nitrogens with zero attached hydrogens (tertiary/aromatic N) is 7. The number of anilines is 2. The molecule has 0 amide bonds. The van der Waals surface area contributed by atoms with E-state index in [1.165, 1.54) is 0 Å². The van der Waals surface area contributed by atoms with Crippen molar-refractivity contribution >= 4 is 16.9 Å². The summed E-state index contributed by atoms with van der Waals surface area (Å²) in [7, 11) is 1.92. The van der Waals surface area contributed by atoms with Crippen LogP contribution in [-0.4, -0.2) is 55.7 Å². The average molecular weight is 466 g/mol. The van der Waals surface area contributed by atoms with Crippen LogP contribution < -0.4 is 9.80 Å². The Labute approximate surface area is 203 Å². The van der Waals surface area contributed by atoms with E-state index in [0.717, 1.165) is 59.8 Å². The molecule has 1 aliphatic heterocycles. The molecule has 1 aliphatic rings. The molecule has 176 valence electrons. The highest BCUT2D eigenvalue weighted by Gasteiger charge is 2.21. The third kappa shape index (κ3) is 4.13. The fourth-order valence-corrected chi connectivity index (χ4v) is 4.71. The van der Waals surface area contributed by atoms with Crippen LogP contribution in [0.25, 0.3) is 16.6 Å². The first-order valence-corrected chi connectivity index (χ1v) is 11.8. The van der Waals surface area contributed by atoms with Crippen molar-refractivity contribution in [3.63, 3.8) is 0 Å². The molecule has 8 nitrogen and oxygen atoms in total. The van der Waals surface area contributed by atoms with Crippen LogP contribution in [0.2, 0.25) is 0 Å². The van der Waals surface area contributed by atoms with Gasteiger partial charge in [-0.3, -0.25) is 9.67 Å². The van der Waals surface area contributed by atoms with Crippen LogP contribution in [0.1, 0.15) is 17.4 Å². The van der Waals surface area contributed by atoms with Crippen molar-refractivity contribution in [2.75, 3.05) is 36.0 Å². The van der Waals surface area contributed by atoms with E-state index < -0.39 is 6.10 Å². The number of rotatable bonds is 5. The molecule has 6 rings (SSSR count). The lowest BCUT2D eigenvalue weighted by molar-refractivity contribution is 0.215. The molecule has 0 spiro atoms. The van der Waals surface area contributed by atoms with E-state index in [1.807, 2.05) is 77.4 Å². The Morgan fingerprint density at radius 1 is 0.771 bits per heavy atom. The van der Waals surface area contributed by atoms with E-state index in [2.05, 4.69) is 49.4 Å². The maximum atomic E-state index is 10.6. The van der Waals surface area contributed by atoms with E-state index in [-0.39, 0.29) is 0 Å². The molecule has 1 fully saturated rings. The van der Waals surface area contributed by atoms with Crippen LogP contribution in [0.4, 0.5) is 11.4 Å². The van der Waals surface area contributed by atoms with Crippen molar-refractivity contribution in [2.45, 2.75) is 6.10 Å². The third-order valence-corrected chi connectivity index (χ3v) is 6.69. The van der Waals surface area contributed by atoms with Gasteiger partial charge in [0.15, 0.2) is 0 Å². The Hall–Kier alpha value is -4.17. The molecule has 8 heteroatoms. The molecule has 1 atom stereocenters. The Morgan fingerprint density at radius 3 is 2.29 bits per heavy atom. The fourth-order valence-electron chi connectivity index (χ4n) is 4.71. The van der Waals surface area contributed by atoms with Gasteiger partial charge in [0.05, 0.1) is 41.2 Å². The average Bonchev–Trinajstić information content (AvgIpc) is 3.55. The van der Waals surface area contributed by atoms with Crippen LogP contribution in [0.15, 0.2) is 85.6 Å². The number of hydrogen-bond donors (Lipinski definition) is 1. The number of piperazine rings is 1. The molecular weight excluding hydrogens is 438 g/mol. The molecule has 0 radical (unpaired) electrons. The van der Waals surface area contributed by atoms with Gasteiger partial charge in [0.2, 0.25) is 0 Å². The Bertz CT molecular complexity index is 1430. The quantitative estimate of drug-likeness (QED) is 0.428. The zero-order valence-corrected chi connectivity index (χ0v) is 19.6. The largest absolute Gasteiger partial charge is 0.382 e. The zero-order valence-electron chi connectivity index (χ0n) is 19.6. The molecule has 5 heterocycles. The van der Waals surface area contributed by atoms with E-state index in [1.54, 1.807) is 0 Å². The summed E-state index contributed by atoms with van der Waals surface area (Å²) < 4.78 is 3.76. The predicted molar refractivity (Wildman–Crippen MR) is 137 cm³/mol. The Balaban J connectivity index is 1.13. The molecular formula is C27H27N7O. The van der Waals surface area contributed by atoms with Crippen LogP contribution >= 0.6 is 0 Å². The van der Waals surface area contributed by atoms with Crippen molar-refractivity contribution in [1.29, 1.82) is 0 Å². The van der Waals surface area contributed by atoms with Crippen LogP contribution in [0.5, 0.6) is 0 Å². The smallest absolute Gasteiger partial charge is 0.121 e. The summed E-state index contributed by atoms with van der Waals surface area (Å²) in [5.74, 6) is 0. The third-order valence-electron chi connectivity index (χ3n) is 6.69. The highest BCUT2D eigenvalue weighted by Crippen LogP contribution is 2.28. The van der Waals surface area contributed by atoms with Gasteiger partial charge in [-0.05, 0) is 23.8 Å². The maximum Gasteiger partial charge on any atom is 0.121 e. The predicted octanol–water partition coefficient (Wildman–Crippen LogP) is 3.54. The zero-order chi connectivity index (χ0) is 23.8. The van der Waals surface area contributed by atoms with Crippen molar-refractivity contribution in [1.82, 2.24) is 24.4 Å². The topological polar surface area (TPSA) is 74.7 Å². The van der Waals surface area contributed by atoms with Crippen molar-refractivity contribution in [2.24, 2.45) is 7.05 Å². The molecule has 1 N–H and O–H groups in total. The van der Waals surface area contributed by atoms with E-state index in [9.17, 15) is 5.11 Å². The van der Waals surface area contributed by atoms with Gasteiger partial charge in [-0.1, -0.05) is 36.4 Å². The van der Waals surface area contributed by atoms with Crippen LogP contribution in [0, 0.1) is 0 Å². The molecule has 35 heavy (non-hydrogen) atoms. The summed E-state index contributed by atoms with van der Waals surface area (Å²) in [4.78, 5) is 9.28. The molecule has 4 aromatic heterocycles. The fraction of sp³-hybridized carbons (Fsp3) is 0.222. The van der Waals surface area contributed by atoms with Crippen LogP contribution in [-0.2, 0) is 7.05 Å². The second-order valence-corrected chi connectivity index (χ2v) is 8.91.